The van der Waals surface area contributed by atoms with Crippen LogP contribution in [-0.2, 0) is 16.0 Å². The number of hydrogen-bond donors (Lipinski definition) is 2. The van der Waals surface area contributed by atoms with Crippen LogP contribution in [0.2, 0.25) is 5.02 Å². The lowest BCUT2D eigenvalue weighted by atomic mass is 9.96. The molecule has 0 spiro atoms. The summed E-state index contributed by atoms with van der Waals surface area (Å²) in [6.45, 7) is 3.43. The first-order valence-electron chi connectivity index (χ1n) is 6.66. The molecule has 0 saturated heterocycles. The Morgan fingerprint density at radius 3 is 2.40 bits per heavy atom. The number of carbonyl (C=O) groups excluding carboxylic acids is 1. The molecule has 2 N–H and O–H groups in total. The molecule has 0 aliphatic heterocycles. The van der Waals surface area contributed by atoms with Crippen LogP contribution in [0.3, 0.4) is 0 Å². The summed E-state index contributed by atoms with van der Waals surface area (Å²) in [6, 6.07) is 7.26. The Labute approximate surface area is 124 Å². The van der Waals surface area contributed by atoms with Gasteiger partial charge < -0.3 is 10.4 Å². The number of aliphatic carboxylic acids is 1. The molecule has 0 aromatic heterocycles. The average molecular weight is 298 g/mol. The topological polar surface area (TPSA) is 66.4 Å². The molecule has 5 heteroatoms. The van der Waals surface area contributed by atoms with E-state index in [0.717, 1.165) is 5.56 Å². The third kappa shape index (κ3) is 4.85. The number of halogens is 1. The second-order valence-corrected chi connectivity index (χ2v) is 5.50. The van der Waals surface area contributed by atoms with Crippen molar-refractivity contribution in [3.05, 3.63) is 34.9 Å². The Kier molecular flexibility index (Phi) is 6.02. The van der Waals surface area contributed by atoms with Gasteiger partial charge in [0.15, 0.2) is 0 Å². The molecule has 1 amide bonds. The highest BCUT2D eigenvalue weighted by Gasteiger charge is 2.33. The number of nitrogens with one attached hydrogen (secondary N) is 1. The quantitative estimate of drug-likeness (QED) is 0.813. The zero-order chi connectivity index (χ0) is 15.2. The van der Waals surface area contributed by atoms with Crippen LogP contribution < -0.4 is 5.32 Å². The van der Waals surface area contributed by atoms with Crippen LogP contribution in [0.1, 0.15) is 38.7 Å². The van der Waals surface area contributed by atoms with Gasteiger partial charge in [-0.05, 0) is 37.5 Å². The number of hydrogen-bond acceptors (Lipinski definition) is 2. The van der Waals surface area contributed by atoms with Crippen LogP contribution >= 0.6 is 11.6 Å². The number of amides is 1. The molecule has 1 aromatic rings. The first-order chi connectivity index (χ1) is 9.37. The maximum atomic E-state index is 11.9. The van der Waals surface area contributed by atoms with Crippen molar-refractivity contribution in [3.63, 3.8) is 0 Å². The molecule has 0 aliphatic rings. The molecule has 0 bridgehead atoms. The van der Waals surface area contributed by atoms with E-state index in [0.29, 0.717) is 24.3 Å². The highest BCUT2D eigenvalue weighted by atomic mass is 35.5. The maximum absolute atomic E-state index is 11.9. The molecular formula is C15H20ClNO3. The molecule has 0 fully saturated rings. The Balaban J connectivity index is 2.54. The van der Waals surface area contributed by atoms with E-state index >= 15 is 0 Å². The van der Waals surface area contributed by atoms with Gasteiger partial charge in [-0.25, -0.2) is 4.79 Å². The highest BCUT2D eigenvalue weighted by Crippen LogP contribution is 2.14. The van der Waals surface area contributed by atoms with Crippen LogP contribution in [-0.4, -0.2) is 22.5 Å². The summed E-state index contributed by atoms with van der Waals surface area (Å²) in [5.74, 6) is -1.25. The normalized spacial score (nSPS) is 13.6. The number of aryl methyl sites for hydroxylation is 1. The summed E-state index contributed by atoms with van der Waals surface area (Å²) in [6.07, 6.45) is 1.92. The van der Waals surface area contributed by atoms with Gasteiger partial charge in [-0.1, -0.05) is 37.1 Å². The molecule has 1 unspecified atom stereocenters. The molecule has 20 heavy (non-hydrogen) atoms. The van der Waals surface area contributed by atoms with Crippen molar-refractivity contribution in [1.82, 2.24) is 5.32 Å². The van der Waals surface area contributed by atoms with Crippen molar-refractivity contribution in [2.45, 2.75) is 45.1 Å². The first kappa shape index (κ1) is 16.5. The minimum Gasteiger partial charge on any atom is -0.480 e. The van der Waals surface area contributed by atoms with Crippen molar-refractivity contribution >= 4 is 23.5 Å². The summed E-state index contributed by atoms with van der Waals surface area (Å²) < 4.78 is 0. The summed E-state index contributed by atoms with van der Waals surface area (Å²) >= 11 is 5.79. The van der Waals surface area contributed by atoms with Gasteiger partial charge in [0.25, 0.3) is 0 Å². The summed E-state index contributed by atoms with van der Waals surface area (Å²) in [4.78, 5) is 23.1. The summed E-state index contributed by atoms with van der Waals surface area (Å²) in [7, 11) is 0. The van der Waals surface area contributed by atoms with E-state index in [1.54, 1.807) is 19.1 Å². The van der Waals surface area contributed by atoms with E-state index in [9.17, 15) is 14.7 Å². The number of benzene rings is 1. The third-order valence-corrected chi connectivity index (χ3v) is 3.44. The molecule has 110 valence electrons. The van der Waals surface area contributed by atoms with E-state index in [2.05, 4.69) is 5.32 Å². The SMILES string of the molecule is CCCC(C)(NC(=O)CCc1ccc(Cl)cc1)C(=O)O. The van der Waals surface area contributed by atoms with E-state index in [-0.39, 0.29) is 12.3 Å². The third-order valence-electron chi connectivity index (χ3n) is 3.19. The first-order valence-corrected chi connectivity index (χ1v) is 7.04. The number of carbonyl (C=O) groups is 2. The minimum atomic E-state index is -1.19. The Morgan fingerprint density at radius 1 is 1.30 bits per heavy atom. The van der Waals surface area contributed by atoms with E-state index < -0.39 is 11.5 Å². The van der Waals surface area contributed by atoms with Gasteiger partial charge in [-0.15, -0.1) is 0 Å². The molecule has 4 nitrogen and oxygen atoms in total. The van der Waals surface area contributed by atoms with E-state index in [4.69, 9.17) is 11.6 Å². The molecular weight excluding hydrogens is 278 g/mol. The van der Waals surface area contributed by atoms with Crippen molar-refractivity contribution in [2.75, 3.05) is 0 Å². The molecule has 0 aliphatic carbocycles. The van der Waals surface area contributed by atoms with Crippen molar-refractivity contribution in [2.24, 2.45) is 0 Å². The lowest BCUT2D eigenvalue weighted by molar-refractivity contribution is -0.147. The van der Waals surface area contributed by atoms with Crippen molar-refractivity contribution in [3.8, 4) is 0 Å². The number of carboxylic acids is 1. The van der Waals surface area contributed by atoms with Crippen molar-refractivity contribution in [1.29, 1.82) is 0 Å². The molecule has 0 heterocycles. The zero-order valence-corrected chi connectivity index (χ0v) is 12.5. The van der Waals surface area contributed by atoms with Crippen molar-refractivity contribution < 1.29 is 14.7 Å². The zero-order valence-electron chi connectivity index (χ0n) is 11.8. The highest BCUT2D eigenvalue weighted by molar-refractivity contribution is 6.30. The van der Waals surface area contributed by atoms with Gasteiger partial charge in [0.1, 0.15) is 5.54 Å². The van der Waals surface area contributed by atoms with Crippen LogP contribution in [0.5, 0.6) is 0 Å². The largest absolute Gasteiger partial charge is 0.480 e. The van der Waals surface area contributed by atoms with Crippen LogP contribution in [0.4, 0.5) is 0 Å². The molecule has 1 aromatic carbocycles. The van der Waals surface area contributed by atoms with Gasteiger partial charge in [0, 0.05) is 11.4 Å². The van der Waals surface area contributed by atoms with Gasteiger partial charge in [0.2, 0.25) is 5.91 Å². The maximum Gasteiger partial charge on any atom is 0.329 e. The fourth-order valence-corrected chi connectivity index (χ4v) is 2.13. The van der Waals surface area contributed by atoms with Crippen LogP contribution in [0, 0.1) is 0 Å². The standard InChI is InChI=1S/C15H20ClNO3/c1-3-10-15(2,14(19)20)17-13(18)9-6-11-4-7-12(16)8-5-11/h4-5,7-8H,3,6,9-10H2,1-2H3,(H,17,18)(H,19,20). The lowest BCUT2D eigenvalue weighted by Crippen LogP contribution is -2.52. The number of carboxylic acid groups (broad SMARTS) is 1. The van der Waals surface area contributed by atoms with Gasteiger partial charge in [-0.2, -0.15) is 0 Å². The molecule has 1 rings (SSSR count). The van der Waals surface area contributed by atoms with Gasteiger partial charge in [-0.3, -0.25) is 4.79 Å². The molecule has 1 atom stereocenters. The van der Waals surface area contributed by atoms with Crippen LogP contribution in [0.25, 0.3) is 0 Å². The summed E-state index contributed by atoms with van der Waals surface area (Å²) in [5, 5.41) is 12.5. The second-order valence-electron chi connectivity index (χ2n) is 5.06. The van der Waals surface area contributed by atoms with Gasteiger partial charge in [0.05, 0.1) is 0 Å². The molecule has 0 radical (unpaired) electrons. The Morgan fingerprint density at radius 2 is 1.90 bits per heavy atom. The molecule has 0 saturated carbocycles. The summed E-state index contributed by atoms with van der Waals surface area (Å²) in [5.41, 5.74) is -0.191. The Bertz CT molecular complexity index is 473. The fraction of sp³-hybridized carbons (Fsp3) is 0.467. The van der Waals surface area contributed by atoms with E-state index in [1.165, 1.54) is 0 Å². The monoisotopic (exact) mass is 297 g/mol. The van der Waals surface area contributed by atoms with Gasteiger partial charge >= 0.3 is 5.97 Å². The number of rotatable bonds is 7. The van der Waals surface area contributed by atoms with E-state index in [1.807, 2.05) is 19.1 Å². The predicted molar refractivity (Wildman–Crippen MR) is 78.9 cm³/mol. The minimum absolute atomic E-state index is 0.252. The predicted octanol–water partition coefficient (Wildman–Crippen LogP) is 3.03. The average Bonchev–Trinajstić information content (AvgIpc) is 2.38. The lowest BCUT2D eigenvalue weighted by Gasteiger charge is -2.25. The smallest absolute Gasteiger partial charge is 0.329 e. The fourth-order valence-electron chi connectivity index (χ4n) is 2.00. The Hall–Kier alpha value is -1.55. The van der Waals surface area contributed by atoms with Crippen LogP contribution in [0.15, 0.2) is 24.3 Å². The second kappa shape index (κ2) is 7.29.